The molecule has 1 aliphatic heterocycles. The third kappa shape index (κ3) is 3.04. The van der Waals surface area contributed by atoms with E-state index < -0.39 is 0 Å². The average molecular weight is 278 g/mol. The zero-order valence-electron chi connectivity index (χ0n) is 11.0. The number of thiocarbonyl (C=S) groups is 1. The molecule has 1 heterocycles. The molecule has 1 aromatic rings. The second kappa shape index (κ2) is 6.02. The predicted octanol–water partition coefficient (Wildman–Crippen LogP) is 1.98. The number of hydrogen-bond acceptors (Lipinski definition) is 3. The molecule has 19 heavy (non-hydrogen) atoms. The minimum Gasteiger partial charge on any atom is -0.494 e. The van der Waals surface area contributed by atoms with E-state index in [9.17, 15) is 4.79 Å². The Balaban J connectivity index is 2.12. The van der Waals surface area contributed by atoms with Gasteiger partial charge in [0.1, 0.15) is 5.75 Å². The topological polar surface area (TPSA) is 55.6 Å². The molecule has 102 valence electrons. The van der Waals surface area contributed by atoms with Crippen LogP contribution in [0, 0.1) is 0 Å². The van der Waals surface area contributed by atoms with Crippen LogP contribution < -0.4 is 10.5 Å². The third-order valence-corrected chi connectivity index (χ3v) is 3.53. The maximum Gasteiger partial charge on any atom is 0.254 e. The highest BCUT2D eigenvalue weighted by molar-refractivity contribution is 7.80. The number of carbonyl (C=O) groups excluding carboxylic acids is 1. The molecule has 0 aromatic heterocycles. The molecule has 1 aromatic carbocycles. The lowest BCUT2D eigenvalue weighted by atomic mass is 10.1. The van der Waals surface area contributed by atoms with Crippen LogP contribution in [0.5, 0.6) is 5.75 Å². The molecule has 1 atom stereocenters. The molecule has 4 nitrogen and oxygen atoms in total. The number of likely N-dealkylation sites (tertiary alicyclic amines) is 1. The fourth-order valence-electron chi connectivity index (χ4n) is 2.33. The Bertz CT molecular complexity index is 473. The van der Waals surface area contributed by atoms with Crippen molar-refractivity contribution in [1.82, 2.24) is 4.90 Å². The molecule has 2 rings (SSSR count). The molecule has 1 saturated heterocycles. The van der Waals surface area contributed by atoms with E-state index in [1.807, 2.05) is 19.1 Å². The number of benzene rings is 1. The molecule has 1 amide bonds. The SMILES string of the molecule is CCOc1ccc(C(=O)N2CCCC2C(N)=S)cc1. The first kappa shape index (κ1) is 13.8. The highest BCUT2D eigenvalue weighted by Crippen LogP contribution is 2.21. The molecule has 0 spiro atoms. The number of rotatable bonds is 4. The van der Waals surface area contributed by atoms with E-state index >= 15 is 0 Å². The van der Waals surface area contributed by atoms with Crippen LogP contribution in [0.15, 0.2) is 24.3 Å². The first-order valence-electron chi connectivity index (χ1n) is 6.46. The van der Waals surface area contributed by atoms with Gasteiger partial charge in [-0.2, -0.15) is 0 Å². The maximum absolute atomic E-state index is 12.4. The molecule has 1 unspecified atom stereocenters. The first-order valence-corrected chi connectivity index (χ1v) is 6.87. The van der Waals surface area contributed by atoms with Gasteiger partial charge >= 0.3 is 0 Å². The molecule has 2 N–H and O–H groups in total. The van der Waals surface area contributed by atoms with Crippen molar-refractivity contribution in [3.05, 3.63) is 29.8 Å². The van der Waals surface area contributed by atoms with Crippen molar-refractivity contribution in [3.8, 4) is 5.75 Å². The van der Waals surface area contributed by atoms with E-state index in [-0.39, 0.29) is 11.9 Å². The fourth-order valence-corrected chi connectivity index (χ4v) is 2.58. The van der Waals surface area contributed by atoms with Gasteiger partial charge in [0.05, 0.1) is 17.6 Å². The van der Waals surface area contributed by atoms with Gasteiger partial charge in [-0.15, -0.1) is 0 Å². The summed E-state index contributed by atoms with van der Waals surface area (Å²) in [4.78, 5) is 14.6. The van der Waals surface area contributed by atoms with E-state index in [0.717, 1.165) is 18.6 Å². The smallest absolute Gasteiger partial charge is 0.254 e. The Hall–Kier alpha value is -1.62. The minimum atomic E-state index is -0.103. The Labute approximate surface area is 118 Å². The zero-order valence-corrected chi connectivity index (χ0v) is 11.8. The van der Waals surface area contributed by atoms with E-state index in [2.05, 4.69) is 0 Å². The summed E-state index contributed by atoms with van der Waals surface area (Å²) in [5.41, 5.74) is 6.33. The van der Waals surface area contributed by atoms with E-state index in [1.165, 1.54) is 0 Å². The van der Waals surface area contributed by atoms with E-state index in [4.69, 9.17) is 22.7 Å². The molecule has 1 aliphatic rings. The highest BCUT2D eigenvalue weighted by Gasteiger charge is 2.31. The van der Waals surface area contributed by atoms with Gasteiger partial charge in [0.15, 0.2) is 0 Å². The molecule has 1 fully saturated rings. The number of hydrogen-bond donors (Lipinski definition) is 1. The van der Waals surface area contributed by atoms with Gasteiger partial charge in [-0.25, -0.2) is 0 Å². The number of ether oxygens (including phenoxy) is 1. The zero-order chi connectivity index (χ0) is 13.8. The van der Waals surface area contributed by atoms with Crippen LogP contribution >= 0.6 is 12.2 Å². The summed E-state index contributed by atoms with van der Waals surface area (Å²) in [6.07, 6.45) is 1.81. The van der Waals surface area contributed by atoms with Gasteiger partial charge in [0, 0.05) is 12.1 Å². The monoisotopic (exact) mass is 278 g/mol. The lowest BCUT2D eigenvalue weighted by Gasteiger charge is -2.23. The van der Waals surface area contributed by atoms with Crippen LogP contribution in [0.3, 0.4) is 0 Å². The lowest BCUT2D eigenvalue weighted by molar-refractivity contribution is 0.0770. The molecular weight excluding hydrogens is 260 g/mol. The van der Waals surface area contributed by atoms with Crippen LogP contribution in [-0.2, 0) is 0 Å². The Morgan fingerprint density at radius 1 is 1.47 bits per heavy atom. The van der Waals surface area contributed by atoms with Gasteiger partial charge in [0.25, 0.3) is 5.91 Å². The van der Waals surface area contributed by atoms with Gasteiger partial charge in [-0.05, 0) is 44.0 Å². The second-order valence-corrected chi connectivity index (χ2v) is 4.99. The summed E-state index contributed by atoms with van der Waals surface area (Å²) in [5, 5.41) is 0. The fraction of sp³-hybridized carbons (Fsp3) is 0.429. The van der Waals surface area contributed by atoms with Crippen molar-refractivity contribution in [2.24, 2.45) is 5.73 Å². The normalized spacial score (nSPS) is 18.4. The van der Waals surface area contributed by atoms with Crippen LogP contribution in [0.4, 0.5) is 0 Å². The highest BCUT2D eigenvalue weighted by atomic mass is 32.1. The number of amides is 1. The Morgan fingerprint density at radius 2 is 2.16 bits per heavy atom. The summed E-state index contributed by atoms with van der Waals surface area (Å²) in [6, 6.07) is 7.07. The Kier molecular flexibility index (Phi) is 4.37. The van der Waals surface area contributed by atoms with E-state index in [0.29, 0.717) is 23.7 Å². The first-order chi connectivity index (χ1) is 9.13. The summed E-state index contributed by atoms with van der Waals surface area (Å²) < 4.78 is 5.36. The summed E-state index contributed by atoms with van der Waals surface area (Å²) in [5.74, 6) is 0.754. The summed E-state index contributed by atoms with van der Waals surface area (Å²) in [6.45, 7) is 3.26. The Morgan fingerprint density at radius 3 is 2.74 bits per heavy atom. The van der Waals surface area contributed by atoms with Crippen LogP contribution in [-0.4, -0.2) is 35.0 Å². The number of nitrogens with zero attached hydrogens (tertiary/aromatic N) is 1. The van der Waals surface area contributed by atoms with E-state index in [1.54, 1.807) is 17.0 Å². The van der Waals surface area contributed by atoms with Crippen LogP contribution in [0.25, 0.3) is 0 Å². The lowest BCUT2D eigenvalue weighted by Crippen LogP contribution is -2.42. The number of nitrogens with two attached hydrogens (primary N) is 1. The van der Waals surface area contributed by atoms with Gasteiger partial charge < -0.3 is 15.4 Å². The molecule has 0 radical (unpaired) electrons. The minimum absolute atomic E-state index is 0.0154. The quantitative estimate of drug-likeness (QED) is 0.856. The molecule has 5 heteroatoms. The largest absolute Gasteiger partial charge is 0.494 e. The van der Waals surface area contributed by atoms with Gasteiger partial charge in [-0.3, -0.25) is 4.79 Å². The maximum atomic E-state index is 12.4. The van der Waals surface area contributed by atoms with Crippen molar-refractivity contribution in [2.75, 3.05) is 13.2 Å². The van der Waals surface area contributed by atoms with Crippen molar-refractivity contribution >= 4 is 23.1 Å². The molecular formula is C14H18N2O2S. The van der Waals surface area contributed by atoms with Crippen molar-refractivity contribution < 1.29 is 9.53 Å². The van der Waals surface area contributed by atoms with Crippen LogP contribution in [0.1, 0.15) is 30.1 Å². The second-order valence-electron chi connectivity index (χ2n) is 4.52. The molecule has 0 bridgehead atoms. The van der Waals surface area contributed by atoms with Crippen molar-refractivity contribution in [2.45, 2.75) is 25.8 Å². The standard InChI is InChI=1S/C14H18N2O2S/c1-2-18-11-7-5-10(6-8-11)14(17)16-9-3-4-12(16)13(15)19/h5-8,12H,2-4,9H2,1H3,(H2,15,19). The summed E-state index contributed by atoms with van der Waals surface area (Å²) in [7, 11) is 0. The third-order valence-electron chi connectivity index (χ3n) is 3.25. The number of carbonyl (C=O) groups is 1. The van der Waals surface area contributed by atoms with Crippen LogP contribution in [0.2, 0.25) is 0 Å². The van der Waals surface area contributed by atoms with Gasteiger partial charge in [-0.1, -0.05) is 12.2 Å². The molecule has 0 saturated carbocycles. The average Bonchev–Trinajstić information content (AvgIpc) is 2.88. The predicted molar refractivity (Wildman–Crippen MR) is 78.5 cm³/mol. The molecule has 0 aliphatic carbocycles. The van der Waals surface area contributed by atoms with Crippen molar-refractivity contribution in [1.29, 1.82) is 0 Å². The van der Waals surface area contributed by atoms with Crippen molar-refractivity contribution in [3.63, 3.8) is 0 Å². The van der Waals surface area contributed by atoms with Gasteiger partial charge in [0.2, 0.25) is 0 Å². The summed E-state index contributed by atoms with van der Waals surface area (Å²) >= 11 is 5.02.